The summed E-state index contributed by atoms with van der Waals surface area (Å²) in [5, 5.41) is 4.54. The lowest BCUT2D eigenvalue weighted by Crippen LogP contribution is -2.33. The number of carbonyl (C=O) groups is 1. The van der Waals surface area contributed by atoms with Crippen LogP contribution in [0.1, 0.15) is 16.2 Å². The number of carbonyl (C=O) groups excluding carboxylic acids is 1. The number of hydrogen-bond donors (Lipinski definition) is 2. The Hall–Kier alpha value is -2.05. The summed E-state index contributed by atoms with van der Waals surface area (Å²) in [4.78, 5) is 13.5. The number of hydrazine groups is 1. The van der Waals surface area contributed by atoms with Crippen molar-refractivity contribution in [1.29, 1.82) is 0 Å². The third-order valence-corrected chi connectivity index (χ3v) is 2.90. The van der Waals surface area contributed by atoms with Crippen molar-refractivity contribution < 1.29 is 9.32 Å². The molecule has 1 heterocycles. The minimum absolute atomic E-state index is 0.161. The third kappa shape index (κ3) is 3.49. The summed E-state index contributed by atoms with van der Waals surface area (Å²) >= 11 is 5.95. The molecule has 0 spiro atoms. The maximum Gasteiger partial charge on any atom is 0.303 e. The second kappa shape index (κ2) is 6.40. The van der Waals surface area contributed by atoms with Gasteiger partial charge in [0.05, 0.1) is 6.54 Å². The molecule has 0 aliphatic carbocycles. The van der Waals surface area contributed by atoms with Crippen molar-refractivity contribution in [2.45, 2.75) is 6.54 Å². The van der Waals surface area contributed by atoms with Crippen molar-refractivity contribution in [2.75, 3.05) is 19.0 Å². The first-order chi connectivity index (χ1) is 9.60. The Labute approximate surface area is 121 Å². The molecule has 7 heteroatoms. The number of nitrogens with zero attached hydrogens (tertiary/aromatic N) is 2. The zero-order valence-electron chi connectivity index (χ0n) is 11.2. The molecule has 0 saturated heterocycles. The Kier molecular flexibility index (Phi) is 4.60. The van der Waals surface area contributed by atoms with Gasteiger partial charge in [0, 0.05) is 30.9 Å². The van der Waals surface area contributed by atoms with Crippen molar-refractivity contribution in [1.82, 2.24) is 16.0 Å². The molecule has 0 unspecified atom stereocenters. The van der Waals surface area contributed by atoms with Crippen molar-refractivity contribution >= 4 is 23.2 Å². The van der Waals surface area contributed by atoms with E-state index in [0.717, 1.165) is 5.69 Å². The van der Waals surface area contributed by atoms with Crippen molar-refractivity contribution in [3.8, 4) is 0 Å². The molecule has 2 rings (SSSR count). The molecule has 1 aromatic heterocycles. The normalized spacial score (nSPS) is 10.3. The lowest BCUT2D eigenvalue weighted by atomic mass is 10.2. The van der Waals surface area contributed by atoms with Crippen LogP contribution in [0.4, 0.5) is 5.69 Å². The first-order valence-corrected chi connectivity index (χ1v) is 6.37. The number of rotatable bonds is 5. The van der Waals surface area contributed by atoms with Crippen molar-refractivity contribution in [3.63, 3.8) is 0 Å². The Morgan fingerprint density at radius 3 is 2.95 bits per heavy atom. The van der Waals surface area contributed by atoms with Crippen LogP contribution in [0.25, 0.3) is 0 Å². The van der Waals surface area contributed by atoms with E-state index in [4.69, 9.17) is 16.1 Å². The van der Waals surface area contributed by atoms with Gasteiger partial charge in [-0.25, -0.2) is 5.43 Å². The third-order valence-electron chi connectivity index (χ3n) is 2.67. The maximum absolute atomic E-state index is 11.5. The van der Waals surface area contributed by atoms with Gasteiger partial charge in [-0.15, -0.1) is 0 Å². The summed E-state index contributed by atoms with van der Waals surface area (Å²) in [7, 11) is 3.51. The van der Waals surface area contributed by atoms with Gasteiger partial charge < -0.3 is 9.42 Å². The number of hydrogen-bond acceptors (Lipinski definition) is 5. The van der Waals surface area contributed by atoms with E-state index in [1.165, 1.54) is 0 Å². The minimum atomic E-state index is -0.364. The van der Waals surface area contributed by atoms with Gasteiger partial charge in [0.15, 0.2) is 0 Å². The summed E-state index contributed by atoms with van der Waals surface area (Å²) < 4.78 is 4.98. The van der Waals surface area contributed by atoms with E-state index < -0.39 is 0 Å². The molecular weight excluding hydrogens is 280 g/mol. The molecular formula is C13H15ClN4O2. The fraction of sp³-hybridized carbons (Fsp3) is 0.231. The number of halogens is 1. The van der Waals surface area contributed by atoms with Gasteiger partial charge >= 0.3 is 5.91 Å². The van der Waals surface area contributed by atoms with Crippen LogP contribution < -0.4 is 15.8 Å². The highest BCUT2D eigenvalue weighted by molar-refractivity contribution is 6.30. The Bertz CT molecular complexity index is 600. The van der Waals surface area contributed by atoms with Gasteiger partial charge in [-0.1, -0.05) is 22.8 Å². The number of benzene rings is 1. The average molecular weight is 295 g/mol. The molecule has 0 atom stereocenters. The summed E-state index contributed by atoms with van der Waals surface area (Å²) in [6.45, 7) is 0.511. The standard InChI is InChI=1S/C13H15ClN4O2/c1-15-16-13(19)12-7-10(17-20-12)8-18(2)11-5-3-4-9(14)6-11/h3-7,15H,8H2,1-2H3,(H,16,19). The number of aromatic nitrogens is 1. The van der Waals surface area contributed by atoms with Crippen LogP contribution in [-0.2, 0) is 6.54 Å². The fourth-order valence-corrected chi connectivity index (χ4v) is 1.90. The zero-order chi connectivity index (χ0) is 14.5. The number of amides is 1. The Morgan fingerprint density at radius 1 is 1.45 bits per heavy atom. The molecule has 2 N–H and O–H groups in total. The molecule has 0 bridgehead atoms. The quantitative estimate of drug-likeness (QED) is 0.823. The lowest BCUT2D eigenvalue weighted by Gasteiger charge is -2.17. The second-order valence-electron chi connectivity index (χ2n) is 4.22. The maximum atomic E-state index is 11.5. The van der Waals surface area contributed by atoms with Gasteiger partial charge in [0.2, 0.25) is 5.76 Å². The zero-order valence-corrected chi connectivity index (χ0v) is 11.9. The predicted molar refractivity (Wildman–Crippen MR) is 76.6 cm³/mol. The molecule has 2 aromatic rings. The van der Waals surface area contributed by atoms with Gasteiger partial charge in [-0.05, 0) is 18.2 Å². The molecule has 1 amide bonds. The molecule has 0 saturated carbocycles. The first kappa shape index (κ1) is 14.4. The lowest BCUT2D eigenvalue weighted by molar-refractivity contribution is 0.0900. The molecule has 0 fully saturated rings. The summed E-state index contributed by atoms with van der Waals surface area (Å²) in [6.07, 6.45) is 0. The van der Waals surface area contributed by atoms with Crippen molar-refractivity contribution in [2.24, 2.45) is 0 Å². The smallest absolute Gasteiger partial charge is 0.303 e. The minimum Gasteiger partial charge on any atom is -0.369 e. The van der Waals surface area contributed by atoms with E-state index in [9.17, 15) is 4.79 Å². The Morgan fingerprint density at radius 2 is 2.25 bits per heavy atom. The Balaban J connectivity index is 2.05. The molecule has 0 radical (unpaired) electrons. The summed E-state index contributed by atoms with van der Waals surface area (Å²) in [6, 6.07) is 9.10. The largest absolute Gasteiger partial charge is 0.369 e. The second-order valence-corrected chi connectivity index (χ2v) is 4.66. The molecule has 0 aliphatic heterocycles. The fourth-order valence-electron chi connectivity index (χ4n) is 1.72. The highest BCUT2D eigenvalue weighted by Crippen LogP contribution is 2.19. The van der Waals surface area contributed by atoms with Crippen LogP contribution in [0.3, 0.4) is 0 Å². The average Bonchev–Trinajstić information content (AvgIpc) is 2.87. The van der Waals surface area contributed by atoms with Crippen LogP contribution in [0.5, 0.6) is 0 Å². The predicted octanol–water partition coefficient (Wildman–Crippen LogP) is 1.83. The molecule has 6 nitrogen and oxygen atoms in total. The van der Waals surface area contributed by atoms with Crippen LogP contribution in [-0.4, -0.2) is 25.2 Å². The van der Waals surface area contributed by atoms with Crippen LogP contribution >= 0.6 is 11.6 Å². The monoisotopic (exact) mass is 294 g/mol. The van der Waals surface area contributed by atoms with E-state index >= 15 is 0 Å². The topological polar surface area (TPSA) is 70.4 Å². The van der Waals surface area contributed by atoms with Gasteiger partial charge in [0.25, 0.3) is 0 Å². The van der Waals surface area contributed by atoms with Gasteiger partial charge in [0.1, 0.15) is 5.69 Å². The molecule has 0 aliphatic rings. The van der Waals surface area contributed by atoms with E-state index in [0.29, 0.717) is 17.3 Å². The van der Waals surface area contributed by atoms with Crippen molar-refractivity contribution in [3.05, 3.63) is 46.8 Å². The van der Waals surface area contributed by atoms with Crippen LogP contribution in [0.15, 0.2) is 34.9 Å². The van der Waals surface area contributed by atoms with Gasteiger partial charge in [-0.2, -0.15) is 0 Å². The summed E-state index contributed by atoms with van der Waals surface area (Å²) in [5.41, 5.74) is 6.57. The first-order valence-electron chi connectivity index (χ1n) is 5.99. The molecule has 1 aromatic carbocycles. The number of nitrogens with one attached hydrogen (secondary N) is 2. The summed E-state index contributed by atoms with van der Waals surface area (Å²) in [5.74, 6) is -0.203. The van der Waals surface area contributed by atoms with Crippen LogP contribution in [0.2, 0.25) is 5.02 Å². The van der Waals surface area contributed by atoms with Gasteiger partial charge in [-0.3, -0.25) is 10.2 Å². The molecule has 106 valence electrons. The van der Waals surface area contributed by atoms with Crippen LogP contribution in [0, 0.1) is 0 Å². The highest BCUT2D eigenvalue weighted by Gasteiger charge is 2.13. The number of anilines is 1. The highest BCUT2D eigenvalue weighted by atomic mass is 35.5. The SMILES string of the molecule is CNNC(=O)c1cc(CN(C)c2cccc(Cl)c2)no1. The van der Waals surface area contributed by atoms with E-state index in [1.54, 1.807) is 13.1 Å². The van der Waals surface area contributed by atoms with E-state index in [2.05, 4.69) is 16.0 Å². The molecule has 20 heavy (non-hydrogen) atoms. The van der Waals surface area contributed by atoms with E-state index in [-0.39, 0.29) is 11.7 Å². The van der Waals surface area contributed by atoms with E-state index in [1.807, 2.05) is 36.2 Å².